The second-order valence-electron chi connectivity index (χ2n) is 5.23. The molecule has 1 aromatic rings. The number of nitrogen functional groups attached to an aromatic ring is 2. The van der Waals surface area contributed by atoms with Gasteiger partial charge in [-0.05, 0) is 18.8 Å². The highest BCUT2D eigenvalue weighted by Gasteiger charge is 2.41. The van der Waals surface area contributed by atoms with E-state index >= 15 is 0 Å². The molecule has 1 aliphatic heterocycles. The zero-order chi connectivity index (χ0) is 12.7. The van der Waals surface area contributed by atoms with Gasteiger partial charge in [0.15, 0.2) is 0 Å². The highest BCUT2D eigenvalue weighted by molar-refractivity contribution is 5.25. The van der Waals surface area contributed by atoms with Crippen molar-refractivity contribution in [2.24, 2.45) is 11.8 Å². The lowest BCUT2D eigenvalue weighted by atomic mass is 10.00. The van der Waals surface area contributed by atoms with E-state index in [9.17, 15) is 5.11 Å². The summed E-state index contributed by atoms with van der Waals surface area (Å²) in [6, 6.07) is 0. The fourth-order valence-corrected chi connectivity index (χ4v) is 3.19. The van der Waals surface area contributed by atoms with E-state index in [0.29, 0.717) is 24.2 Å². The number of anilines is 2. The van der Waals surface area contributed by atoms with Gasteiger partial charge in [0.25, 0.3) is 0 Å². The molecule has 1 saturated heterocycles. The summed E-state index contributed by atoms with van der Waals surface area (Å²) in [5.74, 6) is 1.95. The normalized spacial score (nSPS) is 31.7. The Labute approximate surface area is 105 Å². The first-order valence-corrected chi connectivity index (χ1v) is 6.28. The number of aliphatic hydroxyl groups excluding tert-OH is 1. The zero-order valence-electron chi connectivity index (χ0n) is 10.2. The molecule has 0 bridgehead atoms. The van der Waals surface area contributed by atoms with Crippen molar-refractivity contribution in [1.82, 2.24) is 19.9 Å². The monoisotopic (exact) mass is 250 g/mol. The average Bonchev–Trinajstić information content (AvgIpc) is 2.80. The second-order valence-corrected chi connectivity index (χ2v) is 5.23. The van der Waals surface area contributed by atoms with Crippen LogP contribution in [0.1, 0.15) is 18.7 Å². The first-order chi connectivity index (χ1) is 8.61. The van der Waals surface area contributed by atoms with Crippen molar-refractivity contribution >= 4 is 11.9 Å². The minimum Gasteiger partial charge on any atom is -0.393 e. The van der Waals surface area contributed by atoms with Crippen molar-refractivity contribution in [2.75, 3.05) is 24.6 Å². The van der Waals surface area contributed by atoms with Crippen LogP contribution in [0.4, 0.5) is 11.9 Å². The van der Waals surface area contributed by atoms with Crippen molar-refractivity contribution in [3.8, 4) is 0 Å². The van der Waals surface area contributed by atoms with Gasteiger partial charge in [-0.15, -0.1) is 0 Å². The molecule has 1 aliphatic carbocycles. The Morgan fingerprint density at radius 1 is 1.11 bits per heavy atom. The van der Waals surface area contributed by atoms with Crippen LogP contribution in [-0.4, -0.2) is 44.2 Å². The molecule has 5 N–H and O–H groups in total. The molecule has 3 atom stereocenters. The van der Waals surface area contributed by atoms with Gasteiger partial charge in [-0.2, -0.15) is 15.0 Å². The SMILES string of the molecule is Nc1nc(N)nc(CN2CC3CCC(O)C3C2)n1. The predicted molar refractivity (Wildman–Crippen MR) is 66.1 cm³/mol. The highest BCUT2D eigenvalue weighted by Crippen LogP contribution is 2.38. The number of aromatic nitrogens is 3. The van der Waals surface area contributed by atoms with Crippen LogP contribution >= 0.6 is 0 Å². The average molecular weight is 250 g/mol. The van der Waals surface area contributed by atoms with Gasteiger partial charge in [-0.3, -0.25) is 4.90 Å². The number of hydrogen-bond acceptors (Lipinski definition) is 7. The number of nitrogens with zero attached hydrogens (tertiary/aromatic N) is 4. The third kappa shape index (κ3) is 2.11. The number of hydrogen-bond donors (Lipinski definition) is 3. The molecule has 2 heterocycles. The van der Waals surface area contributed by atoms with Crippen LogP contribution in [0.5, 0.6) is 0 Å². The van der Waals surface area contributed by atoms with Crippen molar-refractivity contribution < 1.29 is 5.11 Å². The van der Waals surface area contributed by atoms with Crippen molar-refractivity contribution in [3.63, 3.8) is 0 Å². The van der Waals surface area contributed by atoms with Crippen molar-refractivity contribution in [1.29, 1.82) is 0 Å². The summed E-state index contributed by atoms with van der Waals surface area (Å²) in [7, 11) is 0. The lowest BCUT2D eigenvalue weighted by molar-refractivity contribution is 0.123. The van der Waals surface area contributed by atoms with Gasteiger partial charge < -0.3 is 16.6 Å². The van der Waals surface area contributed by atoms with E-state index in [4.69, 9.17) is 11.5 Å². The van der Waals surface area contributed by atoms with Gasteiger partial charge in [0, 0.05) is 19.0 Å². The van der Waals surface area contributed by atoms with Crippen LogP contribution in [-0.2, 0) is 6.54 Å². The standard InChI is InChI=1S/C11H18N6O/c12-10-14-9(15-11(13)16-10)5-17-3-6-1-2-8(18)7(6)4-17/h6-8,18H,1-5H2,(H4,12,13,14,15,16). The molecule has 0 aromatic carbocycles. The van der Waals surface area contributed by atoms with Gasteiger partial charge in [0.2, 0.25) is 11.9 Å². The Morgan fingerprint density at radius 3 is 2.50 bits per heavy atom. The van der Waals surface area contributed by atoms with Crippen LogP contribution in [0.15, 0.2) is 0 Å². The molecule has 1 aromatic heterocycles. The smallest absolute Gasteiger partial charge is 0.225 e. The lowest BCUT2D eigenvalue weighted by Crippen LogP contribution is -2.25. The van der Waals surface area contributed by atoms with E-state index in [-0.39, 0.29) is 18.0 Å². The van der Waals surface area contributed by atoms with Crippen LogP contribution in [0.2, 0.25) is 0 Å². The third-order valence-electron chi connectivity index (χ3n) is 3.98. The summed E-state index contributed by atoms with van der Waals surface area (Å²) in [6.45, 7) is 2.52. The van der Waals surface area contributed by atoms with Gasteiger partial charge in [-0.1, -0.05) is 0 Å². The summed E-state index contributed by atoms with van der Waals surface area (Å²) in [5.41, 5.74) is 11.1. The maximum atomic E-state index is 9.86. The second kappa shape index (κ2) is 4.33. The number of aliphatic hydroxyl groups is 1. The minimum absolute atomic E-state index is 0.145. The molecule has 1 saturated carbocycles. The maximum Gasteiger partial charge on any atom is 0.225 e. The van der Waals surface area contributed by atoms with Gasteiger partial charge >= 0.3 is 0 Å². The van der Waals surface area contributed by atoms with Crippen LogP contribution < -0.4 is 11.5 Å². The number of fused-ring (bicyclic) bond motifs is 1. The molecule has 2 aliphatic rings. The third-order valence-corrected chi connectivity index (χ3v) is 3.98. The lowest BCUT2D eigenvalue weighted by Gasteiger charge is -2.17. The highest BCUT2D eigenvalue weighted by atomic mass is 16.3. The Balaban J connectivity index is 1.67. The van der Waals surface area contributed by atoms with E-state index in [1.807, 2.05) is 0 Å². The molecule has 0 spiro atoms. The molecular formula is C11H18N6O. The van der Waals surface area contributed by atoms with Crippen molar-refractivity contribution in [3.05, 3.63) is 5.82 Å². The number of nitrogens with two attached hydrogens (primary N) is 2. The molecule has 2 fully saturated rings. The first-order valence-electron chi connectivity index (χ1n) is 6.28. The molecule has 7 heteroatoms. The molecule has 0 amide bonds. The Bertz CT molecular complexity index is 433. The van der Waals surface area contributed by atoms with Gasteiger partial charge in [0.05, 0.1) is 12.6 Å². The molecule has 98 valence electrons. The maximum absolute atomic E-state index is 9.86. The summed E-state index contributed by atoms with van der Waals surface area (Å²) < 4.78 is 0. The Kier molecular flexibility index (Phi) is 2.79. The van der Waals surface area contributed by atoms with E-state index in [1.54, 1.807) is 0 Å². The molecule has 3 rings (SSSR count). The van der Waals surface area contributed by atoms with E-state index in [2.05, 4.69) is 19.9 Å². The Morgan fingerprint density at radius 2 is 1.83 bits per heavy atom. The molecule has 3 unspecified atom stereocenters. The van der Waals surface area contributed by atoms with Crippen LogP contribution in [0, 0.1) is 11.8 Å². The number of rotatable bonds is 2. The minimum atomic E-state index is -0.145. The van der Waals surface area contributed by atoms with E-state index < -0.39 is 0 Å². The summed E-state index contributed by atoms with van der Waals surface area (Å²) in [6.07, 6.45) is 1.91. The van der Waals surface area contributed by atoms with E-state index in [0.717, 1.165) is 25.9 Å². The van der Waals surface area contributed by atoms with Crippen LogP contribution in [0.3, 0.4) is 0 Å². The molecule has 7 nitrogen and oxygen atoms in total. The quantitative estimate of drug-likeness (QED) is 0.632. The summed E-state index contributed by atoms with van der Waals surface area (Å²) >= 11 is 0. The largest absolute Gasteiger partial charge is 0.393 e. The van der Waals surface area contributed by atoms with Crippen molar-refractivity contribution in [2.45, 2.75) is 25.5 Å². The predicted octanol–water partition coefficient (Wildman–Crippen LogP) is -0.761. The fraction of sp³-hybridized carbons (Fsp3) is 0.727. The van der Waals surface area contributed by atoms with Crippen LogP contribution in [0.25, 0.3) is 0 Å². The zero-order valence-corrected chi connectivity index (χ0v) is 10.2. The van der Waals surface area contributed by atoms with Gasteiger partial charge in [-0.25, -0.2) is 0 Å². The Hall–Kier alpha value is -1.47. The molecule has 0 radical (unpaired) electrons. The van der Waals surface area contributed by atoms with Gasteiger partial charge in [0.1, 0.15) is 5.82 Å². The molecular weight excluding hydrogens is 232 g/mol. The van der Waals surface area contributed by atoms with E-state index in [1.165, 1.54) is 0 Å². The summed E-state index contributed by atoms with van der Waals surface area (Å²) in [4.78, 5) is 14.2. The summed E-state index contributed by atoms with van der Waals surface area (Å²) in [5, 5.41) is 9.86. The first kappa shape index (κ1) is 11.6. The topological polar surface area (TPSA) is 114 Å². The molecule has 18 heavy (non-hydrogen) atoms. The number of likely N-dealkylation sites (tertiary alicyclic amines) is 1. The fourth-order valence-electron chi connectivity index (χ4n) is 3.19.